The normalized spacial score (nSPS) is 29.4. The van der Waals surface area contributed by atoms with Crippen molar-refractivity contribution >= 4 is 0 Å². The van der Waals surface area contributed by atoms with Gasteiger partial charge in [-0.3, -0.25) is 4.90 Å². The highest BCUT2D eigenvalue weighted by atomic mass is 16.5. The molecule has 1 spiro atoms. The van der Waals surface area contributed by atoms with Crippen LogP contribution < -0.4 is 4.74 Å². The lowest BCUT2D eigenvalue weighted by atomic mass is 9.87. The molecule has 1 aromatic rings. The predicted molar refractivity (Wildman–Crippen MR) is 123 cm³/mol. The maximum atomic E-state index is 6.43. The highest BCUT2D eigenvalue weighted by molar-refractivity contribution is 5.39. The number of rotatable bonds is 6. The van der Waals surface area contributed by atoms with Crippen molar-refractivity contribution in [3.8, 4) is 5.75 Å². The second-order valence-corrected chi connectivity index (χ2v) is 10.4. The summed E-state index contributed by atoms with van der Waals surface area (Å²) in [6.45, 7) is 7.56. The summed E-state index contributed by atoms with van der Waals surface area (Å²) < 4.78 is 6.43. The Morgan fingerprint density at radius 2 is 1.77 bits per heavy atom. The Morgan fingerprint density at radius 1 is 1.00 bits per heavy atom. The van der Waals surface area contributed by atoms with E-state index in [0.29, 0.717) is 0 Å². The molecule has 2 saturated heterocycles. The molecule has 0 N–H and O–H groups in total. The minimum atomic E-state index is 0.0853. The summed E-state index contributed by atoms with van der Waals surface area (Å²) in [4.78, 5) is 8.21. The van der Waals surface area contributed by atoms with E-state index in [4.69, 9.17) is 4.74 Å². The van der Waals surface area contributed by atoms with Gasteiger partial charge in [0.15, 0.2) is 0 Å². The zero-order valence-electron chi connectivity index (χ0n) is 19.0. The Morgan fingerprint density at radius 3 is 2.57 bits per heavy atom. The summed E-state index contributed by atoms with van der Waals surface area (Å²) in [5.41, 5.74) is 1.50. The van der Waals surface area contributed by atoms with E-state index in [1.165, 1.54) is 103 Å². The molecule has 3 fully saturated rings. The summed E-state index contributed by atoms with van der Waals surface area (Å²) in [5.74, 6) is 1.13. The van der Waals surface area contributed by atoms with E-state index in [2.05, 4.69) is 46.0 Å². The lowest BCUT2D eigenvalue weighted by molar-refractivity contribution is 0.0172. The van der Waals surface area contributed by atoms with Crippen LogP contribution in [0.5, 0.6) is 5.75 Å². The van der Waals surface area contributed by atoms with Gasteiger partial charge in [0, 0.05) is 44.4 Å². The molecule has 30 heavy (non-hydrogen) atoms. The number of nitrogens with zero attached hydrogens (tertiary/aromatic N) is 3. The van der Waals surface area contributed by atoms with E-state index in [1.807, 2.05) is 0 Å². The molecule has 1 aromatic carbocycles. The van der Waals surface area contributed by atoms with Crippen molar-refractivity contribution in [1.82, 2.24) is 14.7 Å². The first-order valence-corrected chi connectivity index (χ1v) is 12.7. The van der Waals surface area contributed by atoms with Gasteiger partial charge in [-0.25, -0.2) is 0 Å². The molecule has 2 atom stereocenters. The van der Waals surface area contributed by atoms with Crippen LogP contribution in [0, 0.1) is 0 Å². The number of likely N-dealkylation sites (tertiary alicyclic amines) is 2. The molecule has 0 radical (unpaired) electrons. The number of piperidine rings is 1. The molecule has 0 amide bonds. The highest BCUT2D eigenvalue weighted by Gasteiger charge is 2.41. The van der Waals surface area contributed by atoms with Crippen molar-refractivity contribution in [2.45, 2.75) is 81.9 Å². The first kappa shape index (κ1) is 20.8. The number of fused-ring (bicyclic) bond motifs is 1. The van der Waals surface area contributed by atoms with E-state index in [9.17, 15) is 0 Å². The smallest absolute Gasteiger partial charge is 0.123 e. The quantitative estimate of drug-likeness (QED) is 0.699. The summed E-state index contributed by atoms with van der Waals surface area (Å²) in [6.07, 6.45) is 13.3. The number of hydrogen-bond donors (Lipinski definition) is 0. The van der Waals surface area contributed by atoms with Crippen LogP contribution in [0.2, 0.25) is 0 Å². The Balaban J connectivity index is 1.06. The molecule has 4 heteroatoms. The standard InChI is InChI=1S/C26H41N3O/c1-27(23-10-3-4-11-24(23)29-17-6-7-18-29)15-8-16-28-19-13-26(14-20-28)21-22-9-2-5-12-25(22)30-26/h2,5,9,12,23-24H,3-4,6-8,10-11,13-21H2,1H3/t23-,24-/m0/s1. The molecule has 4 nitrogen and oxygen atoms in total. The molecule has 0 bridgehead atoms. The predicted octanol–water partition coefficient (Wildman–Crippen LogP) is 4.19. The third-order valence-corrected chi connectivity index (χ3v) is 8.43. The first-order valence-electron chi connectivity index (χ1n) is 12.7. The van der Waals surface area contributed by atoms with Gasteiger partial charge in [-0.2, -0.15) is 0 Å². The van der Waals surface area contributed by atoms with Crippen LogP contribution in [0.15, 0.2) is 24.3 Å². The SMILES string of the molecule is CN(CCCN1CCC2(CC1)Cc1ccccc1O2)[C@H]1CCCC[C@@H]1N1CCCC1. The monoisotopic (exact) mass is 411 g/mol. The van der Waals surface area contributed by atoms with Crippen molar-refractivity contribution in [1.29, 1.82) is 0 Å². The fourth-order valence-electron chi connectivity index (χ4n) is 6.64. The molecular formula is C26H41N3O. The molecule has 1 saturated carbocycles. The van der Waals surface area contributed by atoms with Crippen molar-refractivity contribution in [2.75, 3.05) is 46.3 Å². The van der Waals surface area contributed by atoms with E-state index in [1.54, 1.807) is 0 Å². The number of likely N-dealkylation sites (N-methyl/N-ethyl adjacent to an activating group) is 1. The second-order valence-electron chi connectivity index (χ2n) is 10.4. The third kappa shape index (κ3) is 4.42. The zero-order valence-corrected chi connectivity index (χ0v) is 19.0. The van der Waals surface area contributed by atoms with Crippen molar-refractivity contribution in [2.24, 2.45) is 0 Å². The van der Waals surface area contributed by atoms with Crippen LogP contribution in [0.3, 0.4) is 0 Å². The summed E-state index contributed by atoms with van der Waals surface area (Å²) in [7, 11) is 2.40. The number of hydrogen-bond acceptors (Lipinski definition) is 4. The van der Waals surface area contributed by atoms with Crippen molar-refractivity contribution in [3.05, 3.63) is 29.8 Å². The van der Waals surface area contributed by atoms with Gasteiger partial charge in [-0.15, -0.1) is 0 Å². The van der Waals surface area contributed by atoms with E-state index >= 15 is 0 Å². The van der Waals surface area contributed by atoms with E-state index in [0.717, 1.165) is 24.3 Å². The maximum Gasteiger partial charge on any atom is 0.123 e. The molecule has 166 valence electrons. The Kier molecular flexibility index (Phi) is 6.36. The number of para-hydroxylation sites is 1. The van der Waals surface area contributed by atoms with E-state index in [-0.39, 0.29) is 5.60 Å². The first-order chi connectivity index (χ1) is 14.7. The molecule has 3 heterocycles. The Bertz CT molecular complexity index is 666. The minimum Gasteiger partial charge on any atom is -0.487 e. The Labute approximate surface area is 183 Å². The lowest BCUT2D eigenvalue weighted by Gasteiger charge is -2.43. The van der Waals surface area contributed by atoms with Crippen molar-refractivity contribution in [3.63, 3.8) is 0 Å². The molecule has 0 aromatic heterocycles. The van der Waals surface area contributed by atoms with Crippen LogP contribution in [-0.4, -0.2) is 78.7 Å². The molecule has 3 aliphatic heterocycles. The molecule has 0 unspecified atom stereocenters. The van der Waals surface area contributed by atoms with E-state index < -0.39 is 0 Å². The summed E-state index contributed by atoms with van der Waals surface area (Å²) in [5, 5.41) is 0. The van der Waals surface area contributed by atoms with Crippen molar-refractivity contribution < 1.29 is 4.74 Å². The van der Waals surface area contributed by atoms with Gasteiger partial charge in [0.05, 0.1) is 0 Å². The van der Waals surface area contributed by atoms with Gasteiger partial charge in [0.2, 0.25) is 0 Å². The summed E-state index contributed by atoms with van der Waals surface area (Å²) >= 11 is 0. The minimum absolute atomic E-state index is 0.0853. The van der Waals surface area contributed by atoms with Gasteiger partial charge in [-0.05, 0) is 77.0 Å². The second kappa shape index (κ2) is 9.18. The third-order valence-electron chi connectivity index (χ3n) is 8.43. The lowest BCUT2D eigenvalue weighted by Crippen LogP contribution is -2.52. The largest absolute Gasteiger partial charge is 0.487 e. The molecular weight excluding hydrogens is 370 g/mol. The van der Waals surface area contributed by atoms with Crippen LogP contribution in [0.4, 0.5) is 0 Å². The molecule has 4 aliphatic rings. The highest BCUT2D eigenvalue weighted by Crippen LogP contribution is 2.40. The van der Waals surface area contributed by atoms with Gasteiger partial charge >= 0.3 is 0 Å². The number of benzene rings is 1. The Hall–Kier alpha value is -1.10. The van der Waals surface area contributed by atoms with Gasteiger partial charge in [-0.1, -0.05) is 31.0 Å². The maximum absolute atomic E-state index is 6.43. The fourth-order valence-corrected chi connectivity index (χ4v) is 6.64. The van der Waals surface area contributed by atoms with Gasteiger partial charge in [0.1, 0.15) is 11.4 Å². The molecule has 5 rings (SSSR count). The zero-order chi connectivity index (χ0) is 20.4. The molecule has 1 aliphatic carbocycles. The van der Waals surface area contributed by atoms with Crippen LogP contribution >= 0.6 is 0 Å². The average molecular weight is 412 g/mol. The summed E-state index contributed by atoms with van der Waals surface area (Å²) in [6, 6.07) is 10.2. The number of ether oxygens (including phenoxy) is 1. The van der Waals surface area contributed by atoms with Crippen LogP contribution in [-0.2, 0) is 6.42 Å². The van der Waals surface area contributed by atoms with Crippen LogP contribution in [0.1, 0.15) is 63.4 Å². The average Bonchev–Trinajstić information content (AvgIpc) is 3.43. The fraction of sp³-hybridized carbons (Fsp3) is 0.769. The van der Waals surface area contributed by atoms with Gasteiger partial charge in [0.25, 0.3) is 0 Å². The van der Waals surface area contributed by atoms with Gasteiger partial charge < -0.3 is 14.5 Å². The topological polar surface area (TPSA) is 19.0 Å². The van der Waals surface area contributed by atoms with Crippen LogP contribution in [0.25, 0.3) is 0 Å².